The molecule has 3 nitrogen and oxygen atoms in total. The van der Waals surface area contributed by atoms with E-state index in [4.69, 9.17) is 0 Å². The van der Waals surface area contributed by atoms with E-state index in [1.807, 2.05) is 28.9 Å². The Morgan fingerprint density at radius 2 is 2.06 bits per heavy atom. The van der Waals surface area contributed by atoms with Gasteiger partial charge in [-0.3, -0.25) is 4.68 Å². The first-order valence-corrected chi connectivity index (χ1v) is 5.67. The molecule has 1 N–H and O–H groups in total. The van der Waals surface area contributed by atoms with E-state index >= 15 is 0 Å². The third-order valence-electron chi connectivity index (χ3n) is 2.73. The van der Waals surface area contributed by atoms with Crippen molar-refractivity contribution in [2.75, 3.05) is 0 Å². The van der Waals surface area contributed by atoms with E-state index in [1.165, 1.54) is 11.6 Å². The fourth-order valence-electron chi connectivity index (χ4n) is 1.78. The van der Waals surface area contributed by atoms with Gasteiger partial charge in [-0.2, -0.15) is 5.10 Å². The maximum atomic E-state index is 9.72. The normalized spacial score (nSPS) is 12.3. The molecular formula is C14H16N2O. The van der Waals surface area contributed by atoms with E-state index in [1.54, 1.807) is 6.20 Å². The minimum atomic E-state index is -0.645. The zero-order valence-electron chi connectivity index (χ0n) is 9.66. The lowest BCUT2D eigenvalue weighted by Crippen LogP contribution is -2.09. The summed E-state index contributed by atoms with van der Waals surface area (Å²) >= 11 is 0. The summed E-state index contributed by atoms with van der Waals surface area (Å²) in [6.45, 7) is 4.35. The van der Waals surface area contributed by atoms with Gasteiger partial charge in [0.25, 0.3) is 0 Å². The minimum absolute atomic E-state index is 0.645. The second-order valence-electron chi connectivity index (χ2n) is 3.90. The van der Waals surface area contributed by atoms with Crippen LogP contribution in [0.4, 0.5) is 0 Å². The predicted molar refractivity (Wildman–Crippen MR) is 67.5 cm³/mol. The lowest BCUT2D eigenvalue weighted by Gasteiger charge is -2.09. The molecule has 2 aromatic rings. The van der Waals surface area contributed by atoms with E-state index in [2.05, 4.69) is 23.8 Å². The number of hydrogen-bond acceptors (Lipinski definition) is 2. The first kappa shape index (κ1) is 11.6. The molecule has 17 heavy (non-hydrogen) atoms. The molecule has 88 valence electrons. The van der Waals surface area contributed by atoms with Gasteiger partial charge in [0.2, 0.25) is 0 Å². The maximum absolute atomic E-state index is 9.72. The van der Waals surface area contributed by atoms with Gasteiger partial charge in [-0.05, 0) is 18.1 Å². The van der Waals surface area contributed by atoms with E-state index < -0.39 is 6.10 Å². The molecule has 1 aromatic heterocycles. The molecule has 2 rings (SSSR count). The third kappa shape index (κ3) is 2.82. The van der Waals surface area contributed by atoms with Gasteiger partial charge in [-0.15, -0.1) is 6.58 Å². The standard InChI is InChI=1S/C14H16N2O/c1-2-14(17)13-8-10-15-16(13)11-9-12-6-4-3-5-7-12/h2-8,10,14,17H,1,9,11H2/t14-/m1/s1. The first-order valence-electron chi connectivity index (χ1n) is 5.67. The summed E-state index contributed by atoms with van der Waals surface area (Å²) < 4.78 is 1.82. The van der Waals surface area contributed by atoms with Gasteiger partial charge in [-0.1, -0.05) is 36.4 Å². The molecule has 0 unspecified atom stereocenters. The van der Waals surface area contributed by atoms with Crippen LogP contribution in [0.15, 0.2) is 55.3 Å². The average molecular weight is 228 g/mol. The lowest BCUT2D eigenvalue weighted by molar-refractivity contribution is 0.216. The SMILES string of the molecule is C=C[C@@H](O)c1ccnn1CCc1ccccc1. The minimum Gasteiger partial charge on any atom is -0.383 e. The second kappa shape index (κ2) is 5.46. The van der Waals surface area contributed by atoms with Gasteiger partial charge >= 0.3 is 0 Å². The van der Waals surface area contributed by atoms with Crippen LogP contribution in [0.2, 0.25) is 0 Å². The van der Waals surface area contributed by atoms with Crippen molar-refractivity contribution in [3.05, 3.63) is 66.5 Å². The molecule has 0 aliphatic carbocycles. The third-order valence-corrected chi connectivity index (χ3v) is 2.73. The van der Waals surface area contributed by atoms with E-state index in [0.29, 0.717) is 0 Å². The molecule has 0 bridgehead atoms. The van der Waals surface area contributed by atoms with Crippen molar-refractivity contribution >= 4 is 0 Å². The summed E-state index contributed by atoms with van der Waals surface area (Å²) in [5.74, 6) is 0. The molecule has 0 radical (unpaired) electrons. The monoisotopic (exact) mass is 228 g/mol. The zero-order chi connectivity index (χ0) is 12.1. The van der Waals surface area contributed by atoms with Crippen LogP contribution < -0.4 is 0 Å². The molecule has 0 fully saturated rings. The molecular weight excluding hydrogens is 212 g/mol. The number of benzene rings is 1. The fourth-order valence-corrected chi connectivity index (χ4v) is 1.78. The van der Waals surface area contributed by atoms with Crippen LogP contribution in [0.25, 0.3) is 0 Å². The first-order chi connectivity index (χ1) is 8.31. The predicted octanol–water partition coefficient (Wildman–Crippen LogP) is 2.35. The summed E-state index contributed by atoms with van der Waals surface area (Å²) in [6, 6.07) is 12.1. The van der Waals surface area contributed by atoms with Crippen LogP contribution in [0.5, 0.6) is 0 Å². The number of aromatic nitrogens is 2. The Morgan fingerprint density at radius 1 is 1.29 bits per heavy atom. The van der Waals surface area contributed by atoms with Gasteiger partial charge in [-0.25, -0.2) is 0 Å². The molecule has 1 aromatic carbocycles. The number of aliphatic hydroxyl groups is 1. The Kier molecular flexibility index (Phi) is 3.73. The molecule has 0 aliphatic heterocycles. The Morgan fingerprint density at radius 3 is 2.76 bits per heavy atom. The van der Waals surface area contributed by atoms with E-state index in [-0.39, 0.29) is 0 Å². The quantitative estimate of drug-likeness (QED) is 0.798. The molecule has 3 heteroatoms. The highest BCUT2D eigenvalue weighted by Crippen LogP contribution is 2.13. The van der Waals surface area contributed by atoms with Gasteiger partial charge < -0.3 is 5.11 Å². The Labute approximate surface area is 101 Å². The van der Waals surface area contributed by atoms with Crippen molar-refractivity contribution in [1.82, 2.24) is 9.78 Å². The average Bonchev–Trinajstić information content (AvgIpc) is 2.85. The van der Waals surface area contributed by atoms with Crippen molar-refractivity contribution in [3.63, 3.8) is 0 Å². The highest BCUT2D eigenvalue weighted by Gasteiger charge is 2.08. The van der Waals surface area contributed by atoms with Crippen molar-refractivity contribution < 1.29 is 5.11 Å². The fraction of sp³-hybridized carbons (Fsp3) is 0.214. The largest absolute Gasteiger partial charge is 0.383 e. The molecule has 0 spiro atoms. The van der Waals surface area contributed by atoms with Gasteiger partial charge in [0.05, 0.1) is 5.69 Å². The Bertz CT molecular complexity index is 476. The van der Waals surface area contributed by atoms with Gasteiger partial charge in [0.15, 0.2) is 0 Å². The summed E-state index contributed by atoms with van der Waals surface area (Å²) in [5.41, 5.74) is 2.05. The molecule has 0 saturated heterocycles. The van der Waals surface area contributed by atoms with Crippen LogP contribution in [-0.4, -0.2) is 14.9 Å². The maximum Gasteiger partial charge on any atom is 0.113 e. The zero-order valence-corrected chi connectivity index (χ0v) is 9.66. The topological polar surface area (TPSA) is 38.1 Å². The number of rotatable bonds is 5. The highest BCUT2D eigenvalue weighted by atomic mass is 16.3. The van der Waals surface area contributed by atoms with Crippen molar-refractivity contribution in [3.8, 4) is 0 Å². The second-order valence-corrected chi connectivity index (χ2v) is 3.90. The molecule has 1 heterocycles. The Balaban J connectivity index is 2.05. The molecule has 0 saturated carbocycles. The number of aliphatic hydroxyl groups excluding tert-OH is 1. The smallest absolute Gasteiger partial charge is 0.113 e. The van der Waals surface area contributed by atoms with Crippen LogP contribution >= 0.6 is 0 Å². The van der Waals surface area contributed by atoms with Crippen molar-refractivity contribution in [2.45, 2.75) is 19.1 Å². The molecule has 0 amide bonds. The van der Waals surface area contributed by atoms with E-state index in [0.717, 1.165) is 18.7 Å². The van der Waals surface area contributed by atoms with Gasteiger partial charge in [0, 0.05) is 12.7 Å². The Hall–Kier alpha value is -1.87. The van der Waals surface area contributed by atoms with Crippen LogP contribution in [0.1, 0.15) is 17.4 Å². The lowest BCUT2D eigenvalue weighted by atomic mass is 10.1. The van der Waals surface area contributed by atoms with Crippen LogP contribution in [-0.2, 0) is 13.0 Å². The summed E-state index contributed by atoms with van der Waals surface area (Å²) in [4.78, 5) is 0. The van der Waals surface area contributed by atoms with Crippen LogP contribution in [0, 0.1) is 0 Å². The summed E-state index contributed by atoms with van der Waals surface area (Å²) in [5, 5.41) is 13.9. The van der Waals surface area contributed by atoms with Crippen molar-refractivity contribution in [2.24, 2.45) is 0 Å². The van der Waals surface area contributed by atoms with E-state index in [9.17, 15) is 5.11 Å². The summed E-state index contributed by atoms with van der Waals surface area (Å²) in [7, 11) is 0. The number of aryl methyl sites for hydroxylation is 2. The summed E-state index contributed by atoms with van der Waals surface area (Å²) in [6.07, 6.45) is 3.47. The molecule has 0 aliphatic rings. The number of nitrogens with zero attached hydrogens (tertiary/aromatic N) is 2. The number of hydrogen-bond donors (Lipinski definition) is 1. The van der Waals surface area contributed by atoms with Gasteiger partial charge in [0.1, 0.15) is 6.10 Å². The van der Waals surface area contributed by atoms with Crippen LogP contribution in [0.3, 0.4) is 0 Å². The highest BCUT2D eigenvalue weighted by molar-refractivity contribution is 5.15. The molecule has 1 atom stereocenters. The van der Waals surface area contributed by atoms with Crippen molar-refractivity contribution in [1.29, 1.82) is 0 Å².